The molecule has 1 atom stereocenters. The molecule has 96 valence electrons. The number of likely N-dealkylation sites (tertiary alicyclic amines) is 1. The molecule has 0 aliphatic carbocycles. The first-order chi connectivity index (χ1) is 8.65. The fraction of sp³-hybridized carbons (Fsp3) is 0.385. The van der Waals surface area contributed by atoms with Crippen molar-refractivity contribution in [3.05, 3.63) is 30.3 Å². The van der Waals surface area contributed by atoms with E-state index in [2.05, 4.69) is 5.32 Å². The molecule has 1 saturated heterocycles. The van der Waals surface area contributed by atoms with Crippen molar-refractivity contribution in [2.45, 2.75) is 19.4 Å². The molecule has 0 bridgehead atoms. The lowest BCUT2D eigenvalue weighted by Gasteiger charge is -2.16. The van der Waals surface area contributed by atoms with Gasteiger partial charge in [-0.15, -0.1) is 0 Å². The highest BCUT2D eigenvalue weighted by atomic mass is 16.6. The standard InChI is InChI=1S/C13H16N2O3/c1-10(16)14-11-7-8-15(9-11)13(17)18-12-5-3-2-4-6-12/h2-6,11H,7-9H2,1H3,(H,14,16). The largest absolute Gasteiger partial charge is 0.415 e. The Balaban J connectivity index is 1.86. The van der Waals surface area contributed by atoms with E-state index in [-0.39, 0.29) is 18.0 Å². The Kier molecular flexibility index (Phi) is 3.82. The normalized spacial score (nSPS) is 18.5. The maximum atomic E-state index is 11.8. The van der Waals surface area contributed by atoms with Crippen molar-refractivity contribution >= 4 is 12.0 Å². The van der Waals surface area contributed by atoms with E-state index >= 15 is 0 Å². The third-order valence-electron chi connectivity index (χ3n) is 2.80. The zero-order chi connectivity index (χ0) is 13.0. The number of carbonyl (C=O) groups is 2. The second-order valence-electron chi connectivity index (χ2n) is 4.31. The average Bonchev–Trinajstić information content (AvgIpc) is 2.78. The fourth-order valence-corrected chi connectivity index (χ4v) is 1.99. The fourth-order valence-electron chi connectivity index (χ4n) is 1.99. The molecule has 2 rings (SSSR count). The second-order valence-corrected chi connectivity index (χ2v) is 4.31. The molecule has 1 fully saturated rings. The van der Waals surface area contributed by atoms with Gasteiger partial charge in [-0.2, -0.15) is 0 Å². The zero-order valence-electron chi connectivity index (χ0n) is 10.3. The number of rotatable bonds is 2. The quantitative estimate of drug-likeness (QED) is 0.860. The summed E-state index contributed by atoms with van der Waals surface area (Å²) in [5, 5.41) is 2.80. The maximum Gasteiger partial charge on any atom is 0.415 e. The molecule has 0 saturated carbocycles. The number of benzene rings is 1. The van der Waals surface area contributed by atoms with Gasteiger partial charge in [0.2, 0.25) is 5.91 Å². The van der Waals surface area contributed by atoms with Crippen LogP contribution in [0.5, 0.6) is 5.75 Å². The average molecular weight is 248 g/mol. The number of ether oxygens (including phenoxy) is 1. The van der Waals surface area contributed by atoms with E-state index in [4.69, 9.17) is 4.74 Å². The molecule has 0 radical (unpaired) electrons. The van der Waals surface area contributed by atoms with Crippen LogP contribution in [0.3, 0.4) is 0 Å². The molecular formula is C13H16N2O3. The molecule has 1 aromatic carbocycles. The van der Waals surface area contributed by atoms with Gasteiger partial charge in [-0.1, -0.05) is 18.2 Å². The smallest absolute Gasteiger partial charge is 0.410 e. The van der Waals surface area contributed by atoms with Gasteiger partial charge in [-0.05, 0) is 18.6 Å². The summed E-state index contributed by atoms with van der Waals surface area (Å²) in [4.78, 5) is 24.4. The van der Waals surface area contributed by atoms with E-state index in [0.29, 0.717) is 18.8 Å². The van der Waals surface area contributed by atoms with Crippen molar-refractivity contribution in [1.29, 1.82) is 0 Å². The minimum atomic E-state index is -0.367. The predicted molar refractivity (Wildman–Crippen MR) is 66.3 cm³/mol. The van der Waals surface area contributed by atoms with Crippen LogP contribution in [-0.2, 0) is 4.79 Å². The molecule has 5 nitrogen and oxygen atoms in total. The zero-order valence-corrected chi connectivity index (χ0v) is 10.3. The molecule has 1 aromatic rings. The number of hydrogen-bond donors (Lipinski definition) is 1. The van der Waals surface area contributed by atoms with Crippen molar-refractivity contribution < 1.29 is 14.3 Å². The number of nitrogens with zero attached hydrogens (tertiary/aromatic N) is 1. The first-order valence-corrected chi connectivity index (χ1v) is 5.94. The molecule has 1 heterocycles. The lowest BCUT2D eigenvalue weighted by molar-refractivity contribution is -0.119. The SMILES string of the molecule is CC(=O)NC1CCN(C(=O)Oc2ccccc2)C1. The van der Waals surface area contributed by atoms with Crippen LogP contribution >= 0.6 is 0 Å². The van der Waals surface area contributed by atoms with E-state index in [9.17, 15) is 9.59 Å². The number of para-hydroxylation sites is 1. The summed E-state index contributed by atoms with van der Waals surface area (Å²) < 4.78 is 5.23. The van der Waals surface area contributed by atoms with Crippen LogP contribution in [0.15, 0.2) is 30.3 Å². The molecule has 5 heteroatoms. The van der Waals surface area contributed by atoms with Gasteiger partial charge in [0.25, 0.3) is 0 Å². The van der Waals surface area contributed by atoms with Gasteiger partial charge >= 0.3 is 6.09 Å². The van der Waals surface area contributed by atoms with E-state index in [1.54, 1.807) is 17.0 Å². The van der Waals surface area contributed by atoms with Crippen molar-refractivity contribution in [2.24, 2.45) is 0 Å². The summed E-state index contributed by atoms with van der Waals surface area (Å²) >= 11 is 0. The van der Waals surface area contributed by atoms with Crippen molar-refractivity contribution in [3.63, 3.8) is 0 Å². The highest BCUT2D eigenvalue weighted by molar-refractivity contribution is 5.74. The first-order valence-electron chi connectivity index (χ1n) is 5.94. The van der Waals surface area contributed by atoms with Crippen LogP contribution in [-0.4, -0.2) is 36.0 Å². The van der Waals surface area contributed by atoms with Gasteiger partial charge < -0.3 is 15.0 Å². The Morgan fingerprint density at radius 1 is 1.33 bits per heavy atom. The highest BCUT2D eigenvalue weighted by Crippen LogP contribution is 2.14. The first kappa shape index (κ1) is 12.4. The predicted octanol–water partition coefficient (Wildman–Crippen LogP) is 1.40. The van der Waals surface area contributed by atoms with Crippen LogP contribution in [0.2, 0.25) is 0 Å². The van der Waals surface area contributed by atoms with Gasteiger partial charge in [0.15, 0.2) is 0 Å². The molecule has 0 aromatic heterocycles. The van der Waals surface area contributed by atoms with Crippen molar-refractivity contribution in [3.8, 4) is 5.75 Å². The summed E-state index contributed by atoms with van der Waals surface area (Å²) in [5.41, 5.74) is 0. The van der Waals surface area contributed by atoms with Gasteiger partial charge in [0.05, 0.1) is 0 Å². The molecule has 18 heavy (non-hydrogen) atoms. The summed E-state index contributed by atoms with van der Waals surface area (Å²) in [6.45, 7) is 2.59. The van der Waals surface area contributed by atoms with E-state index < -0.39 is 0 Å². The minimum absolute atomic E-state index is 0.0332. The van der Waals surface area contributed by atoms with E-state index in [0.717, 1.165) is 6.42 Å². The third kappa shape index (κ3) is 3.23. The van der Waals surface area contributed by atoms with Gasteiger partial charge in [0.1, 0.15) is 5.75 Å². The summed E-state index contributed by atoms with van der Waals surface area (Å²) in [6, 6.07) is 8.99. The lowest BCUT2D eigenvalue weighted by Crippen LogP contribution is -2.38. The Labute approximate surface area is 106 Å². The minimum Gasteiger partial charge on any atom is -0.410 e. The van der Waals surface area contributed by atoms with E-state index in [1.807, 2.05) is 18.2 Å². The van der Waals surface area contributed by atoms with Crippen molar-refractivity contribution in [1.82, 2.24) is 10.2 Å². The van der Waals surface area contributed by atoms with Crippen molar-refractivity contribution in [2.75, 3.05) is 13.1 Å². The molecule has 0 spiro atoms. The summed E-state index contributed by atoms with van der Waals surface area (Å²) in [5.74, 6) is 0.462. The Hall–Kier alpha value is -2.04. The molecule has 1 unspecified atom stereocenters. The van der Waals surface area contributed by atoms with Gasteiger partial charge in [-0.3, -0.25) is 4.79 Å². The molecule has 2 amide bonds. The van der Waals surface area contributed by atoms with Crippen LogP contribution in [0, 0.1) is 0 Å². The van der Waals surface area contributed by atoms with Gasteiger partial charge in [0, 0.05) is 26.1 Å². The third-order valence-corrected chi connectivity index (χ3v) is 2.80. The Bertz CT molecular complexity index is 433. The second kappa shape index (κ2) is 5.53. The van der Waals surface area contributed by atoms with Crippen LogP contribution < -0.4 is 10.1 Å². The van der Waals surface area contributed by atoms with E-state index in [1.165, 1.54) is 6.92 Å². The van der Waals surface area contributed by atoms with Crippen LogP contribution in [0.4, 0.5) is 4.79 Å². The lowest BCUT2D eigenvalue weighted by atomic mass is 10.3. The number of nitrogens with one attached hydrogen (secondary N) is 1. The maximum absolute atomic E-state index is 11.8. The highest BCUT2D eigenvalue weighted by Gasteiger charge is 2.27. The monoisotopic (exact) mass is 248 g/mol. The molecule has 1 aliphatic rings. The number of carbonyl (C=O) groups excluding carboxylic acids is 2. The molecule has 1 N–H and O–H groups in total. The Morgan fingerprint density at radius 2 is 2.06 bits per heavy atom. The summed E-state index contributed by atoms with van der Waals surface area (Å²) in [7, 11) is 0. The Morgan fingerprint density at radius 3 is 2.72 bits per heavy atom. The van der Waals surface area contributed by atoms with Crippen LogP contribution in [0.1, 0.15) is 13.3 Å². The molecular weight excluding hydrogens is 232 g/mol. The summed E-state index contributed by atoms with van der Waals surface area (Å²) in [6.07, 6.45) is 0.401. The molecule has 1 aliphatic heterocycles. The topological polar surface area (TPSA) is 58.6 Å². The number of amides is 2. The van der Waals surface area contributed by atoms with Crippen LogP contribution in [0.25, 0.3) is 0 Å². The van der Waals surface area contributed by atoms with Gasteiger partial charge in [-0.25, -0.2) is 4.79 Å². The number of hydrogen-bond acceptors (Lipinski definition) is 3.